The fourth-order valence-corrected chi connectivity index (χ4v) is 6.68. The molecule has 1 nitrogen and oxygen atoms in total. The van der Waals surface area contributed by atoms with Gasteiger partial charge in [-0.25, -0.2) is 4.39 Å². The number of ether oxygens (including phenoxy) is 1. The topological polar surface area (TPSA) is 9.23 Å². The van der Waals surface area contributed by atoms with Crippen LogP contribution in [0.5, 0.6) is 5.75 Å². The van der Waals surface area contributed by atoms with Crippen molar-refractivity contribution in [2.24, 2.45) is 23.7 Å². The molecule has 4 rings (SSSR count). The van der Waals surface area contributed by atoms with Gasteiger partial charge < -0.3 is 4.74 Å². The summed E-state index contributed by atoms with van der Waals surface area (Å²) in [7, 11) is 0. The predicted octanol–water partition coefficient (Wildman–Crippen LogP) is 8.65. The minimum Gasteiger partial charge on any atom is -0.429 e. The first-order chi connectivity index (χ1) is 14.9. The van der Waals surface area contributed by atoms with Crippen LogP contribution in [0.15, 0.2) is 12.1 Å². The molecule has 31 heavy (non-hydrogen) atoms. The van der Waals surface area contributed by atoms with E-state index in [1.54, 1.807) is 0 Å². The first-order valence-corrected chi connectivity index (χ1v) is 12.8. The molecule has 0 N–H and O–H groups in total. The zero-order chi connectivity index (χ0) is 22.0. The SMILES string of the molecule is CCCC1CCC(C2CCC(c3ccc4c(c3F)OC(F)(F)C(CCC)C4)CC2)CC1. The van der Waals surface area contributed by atoms with Crippen molar-refractivity contribution in [2.75, 3.05) is 0 Å². The molecule has 1 aromatic carbocycles. The Labute approximate surface area is 186 Å². The second-order valence-corrected chi connectivity index (χ2v) is 10.5. The Balaban J connectivity index is 1.39. The Bertz CT molecular complexity index is 730. The van der Waals surface area contributed by atoms with Gasteiger partial charge in [0, 0.05) is 0 Å². The average Bonchev–Trinajstić information content (AvgIpc) is 2.76. The molecule has 4 heteroatoms. The molecule has 1 aromatic rings. The van der Waals surface area contributed by atoms with Gasteiger partial charge in [-0.1, -0.05) is 58.1 Å². The van der Waals surface area contributed by atoms with Crippen LogP contribution in [0.3, 0.4) is 0 Å². The molecule has 0 amide bonds. The Hall–Kier alpha value is -1.19. The molecule has 0 aromatic heterocycles. The molecule has 2 fully saturated rings. The van der Waals surface area contributed by atoms with Crippen molar-refractivity contribution in [1.82, 2.24) is 0 Å². The van der Waals surface area contributed by atoms with Crippen LogP contribution < -0.4 is 4.74 Å². The molecular formula is C27H39F3O. The van der Waals surface area contributed by atoms with E-state index in [1.807, 2.05) is 19.1 Å². The predicted molar refractivity (Wildman–Crippen MR) is 119 cm³/mol. The lowest BCUT2D eigenvalue weighted by Gasteiger charge is -2.38. The highest BCUT2D eigenvalue weighted by Gasteiger charge is 2.47. The molecule has 1 heterocycles. The van der Waals surface area contributed by atoms with Crippen molar-refractivity contribution in [3.05, 3.63) is 29.1 Å². The van der Waals surface area contributed by atoms with Crippen LogP contribution in [-0.2, 0) is 6.42 Å². The zero-order valence-corrected chi connectivity index (χ0v) is 19.3. The highest BCUT2D eigenvalue weighted by molar-refractivity contribution is 5.43. The molecule has 1 unspecified atom stereocenters. The van der Waals surface area contributed by atoms with Gasteiger partial charge in [0.05, 0.1) is 5.92 Å². The van der Waals surface area contributed by atoms with E-state index in [1.165, 1.54) is 38.5 Å². The lowest BCUT2D eigenvalue weighted by atomic mass is 9.68. The second kappa shape index (κ2) is 9.75. The number of fused-ring (bicyclic) bond motifs is 1. The zero-order valence-electron chi connectivity index (χ0n) is 19.3. The maximum atomic E-state index is 15.3. The van der Waals surface area contributed by atoms with Gasteiger partial charge in [0.1, 0.15) is 0 Å². The summed E-state index contributed by atoms with van der Waals surface area (Å²) in [5, 5.41) is 0. The molecule has 2 aliphatic carbocycles. The van der Waals surface area contributed by atoms with Crippen LogP contribution in [0.1, 0.15) is 108 Å². The van der Waals surface area contributed by atoms with Crippen LogP contribution in [0.4, 0.5) is 13.2 Å². The lowest BCUT2D eigenvalue weighted by molar-refractivity contribution is -0.226. The van der Waals surface area contributed by atoms with Gasteiger partial charge in [0.15, 0.2) is 11.6 Å². The summed E-state index contributed by atoms with van der Waals surface area (Å²) in [6.07, 6.45) is 10.3. The first kappa shape index (κ1) is 23.0. The van der Waals surface area contributed by atoms with Gasteiger partial charge in [0.2, 0.25) is 0 Å². The Morgan fingerprint density at radius 1 is 0.871 bits per heavy atom. The Kier molecular flexibility index (Phi) is 7.23. The van der Waals surface area contributed by atoms with Crippen LogP contribution in [0.2, 0.25) is 0 Å². The van der Waals surface area contributed by atoms with Crippen LogP contribution in [0, 0.1) is 29.5 Å². The van der Waals surface area contributed by atoms with E-state index in [9.17, 15) is 8.78 Å². The average molecular weight is 437 g/mol. The number of benzene rings is 1. The number of alkyl halides is 2. The minimum atomic E-state index is -3.28. The third-order valence-electron chi connectivity index (χ3n) is 8.49. The van der Waals surface area contributed by atoms with Crippen LogP contribution in [-0.4, -0.2) is 6.11 Å². The smallest absolute Gasteiger partial charge is 0.401 e. The van der Waals surface area contributed by atoms with E-state index in [-0.39, 0.29) is 18.1 Å². The Morgan fingerprint density at radius 3 is 2.10 bits per heavy atom. The summed E-state index contributed by atoms with van der Waals surface area (Å²) in [4.78, 5) is 0. The van der Waals surface area contributed by atoms with Crippen LogP contribution >= 0.6 is 0 Å². The molecule has 1 aliphatic heterocycles. The molecule has 174 valence electrons. The lowest BCUT2D eigenvalue weighted by Crippen LogP contribution is -2.40. The number of rotatable bonds is 6. The first-order valence-electron chi connectivity index (χ1n) is 12.8. The standard InChI is InChI=1S/C27H39F3O/c1-3-5-18-7-9-19(10-8-18)20-11-13-21(14-12-20)24-16-15-22-17-23(6-4-2)27(29,30)31-26(22)25(24)28/h15-16,18-21,23H,3-14,17H2,1-2H3. The molecule has 1 atom stereocenters. The van der Waals surface area contributed by atoms with Gasteiger partial charge >= 0.3 is 6.11 Å². The quantitative estimate of drug-likeness (QED) is 0.433. The molecule has 0 saturated heterocycles. The third-order valence-corrected chi connectivity index (χ3v) is 8.49. The third kappa shape index (κ3) is 4.93. The van der Waals surface area contributed by atoms with E-state index in [2.05, 4.69) is 6.92 Å². The van der Waals surface area contributed by atoms with Gasteiger partial charge in [-0.05, 0) is 86.2 Å². The fraction of sp³-hybridized carbons (Fsp3) is 0.778. The number of halogens is 3. The molecule has 0 bridgehead atoms. The maximum Gasteiger partial charge on any atom is 0.401 e. The van der Waals surface area contributed by atoms with Gasteiger partial charge in [-0.15, -0.1) is 0 Å². The van der Waals surface area contributed by atoms with Crippen molar-refractivity contribution < 1.29 is 17.9 Å². The summed E-state index contributed by atoms with van der Waals surface area (Å²) >= 11 is 0. The monoisotopic (exact) mass is 436 g/mol. The molecule has 0 radical (unpaired) electrons. The van der Waals surface area contributed by atoms with Crippen molar-refractivity contribution >= 4 is 0 Å². The van der Waals surface area contributed by atoms with Crippen molar-refractivity contribution in [2.45, 2.75) is 109 Å². The summed E-state index contributed by atoms with van der Waals surface area (Å²) in [5.74, 6) is 1.07. The molecule has 0 spiro atoms. The summed E-state index contributed by atoms with van der Waals surface area (Å²) in [6, 6.07) is 3.69. The highest BCUT2D eigenvalue weighted by Crippen LogP contribution is 2.48. The van der Waals surface area contributed by atoms with Crippen LogP contribution in [0.25, 0.3) is 0 Å². The molecule has 2 saturated carbocycles. The van der Waals surface area contributed by atoms with Crippen molar-refractivity contribution in [3.8, 4) is 5.75 Å². The highest BCUT2D eigenvalue weighted by atomic mass is 19.3. The van der Waals surface area contributed by atoms with Gasteiger partial charge in [0.25, 0.3) is 0 Å². The minimum absolute atomic E-state index is 0.128. The van der Waals surface area contributed by atoms with Crippen molar-refractivity contribution in [1.29, 1.82) is 0 Å². The van der Waals surface area contributed by atoms with E-state index >= 15 is 4.39 Å². The summed E-state index contributed by atoms with van der Waals surface area (Å²) in [6.45, 7) is 4.17. The number of hydrogen-bond donors (Lipinski definition) is 0. The Morgan fingerprint density at radius 2 is 1.48 bits per heavy atom. The largest absolute Gasteiger partial charge is 0.429 e. The second-order valence-electron chi connectivity index (χ2n) is 10.5. The van der Waals surface area contributed by atoms with E-state index < -0.39 is 17.8 Å². The molecule has 3 aliphatic rings. The van der Waals surface area contributed by atoms with Gasteiger partial charge in [-0.2, -0.15) is 8.78 Å². The number of hydrogen-bond acceptors (Lipinski definition) is 1. The van der Waals surface area contributed by atoms with Crippen molar-refractivity contribution in [3.63, 3.8) is 0 Å². The normalized spacial score (nSPS) is 32.9. The van der Waals surface area contributed by atoms with E-state index in [4.69, 9.17) is 4.74 Å². The summed E-state index contributed by atoms with van der Waals surface area (Å²) < 4.78 is 49.2. The summed E-state index contributed by atoms with van der Waals surface area (Å²) in [5.41, 5.74) is 1.19. The van der Waals surface area contributed by atoms with E-state index in [0.29, 0.717) is 24.0 Å². The maximum absolute atomic E-state index is 15.3. The van der Waals surface area contributed by atoms with E-state index in [0.717, 1.165) is 43.4 Å². The fourth-order valence-electron chi connectivity index (χ4n) is 6.68. The molecular weight excluding hydrogens is 397 g/mol. The van der Waals surface area contributed by atoms with Gasteiger partial charge in [-0.3, -0.25) is 0 Å².